The molecule has 1 amide bonds. The normalized spacial score (nSPS) is 11.8. The van der Waals surface area contributed by atoms with E-state index in [9.17, 15) is 22.6 Å². The van der Waals surface area contributed by atoms with E-state index >= 15 is 0 Å². The van der Waals surface area contributed by atoms with Gasteiger partial charge in [0.25, 0.3) is 5.91 Å². The first-order chi connectivity index (χ1) is 13.2. The number of alkyl halides is 2. The lowest BCUT2D eigenvalue weighted by Crippen LogP contribution is -2.21. The van der Waals surface area contributed by atoms with E-state index in [1.807, 2.05) is 0 Å². The predicted molar refractivity (Wildman–Crippen MR) is 101 cm³/mol. The van der Waals surface area contributed by atoms with Gasteiger partial charge in [0.15, 0.2) is 6.61 Å². The van der Waals surface area contributed by atoms with Crippen LogP contribution in [0, 0.1) is 0 Å². The third-order valence-corrected chi connectivity index (χ3v) is 4.33. The van der Waals surface area contributed by atoms with E-state index in [0.717, 1.165) is 0 Å². The molecule has 1 atom stereocenters. The molecule has 1 unspecified atom stereocenters. The molecule has 150 valence electrons. The summed E-state index contributed by atoms with van der Waals surface area (Å²) in [6.45, 7) is -3.58. The summed E-state index contributed by atoms with van der Waals surface area (Å²) >= 11 is 5.80. The second-order valence-corrected chi connectivity index (χ2v) is 7.41. The quantitative estimate of drug-likeness (QED) is 0.646. The van der Waals surface area contributed by atoms with Crippen LogP contribution in [0.2, 0.25) is 5.02 Å². The Hall–Kier alpha value is -2.52. The maximum Gasteiger partial charge on any atom is 0.387 e. The molecule has 0 aliphatic carbocycles. The number of benzene rings is 2. The fourth-order valence-electron chi connectivity index (χ4n) is 2.20. The molecular weight excluding hydrogens is 416 g/mol. The first-order valence-corrected chi connectivity index (χ1v) is 9.95. The standard InChI is InChI=1S/C18H16ClF2NO5S/c1-28(25)10-11-3-2-4-12(7-11)17(24)26-9-16(23)22-13-5-6-15(14(19)8-13)27-18(20)21/h2-8,18H,9-10H2,1H3,(H,22,23). The zero-order valence-corrected chi connectivity index (χ0v) is 16.2. The van der Waals surface area contributed by atoms with Crippen LogP contribution in [-0.4, -0.2) is 35.6 Å². The van der Waals surface area contributed by atoms with Crippen LogP contribution in [0.25, 0.3) is 0 Å². The van der Waals surface area contributed by atoms with Crippen molar-refractivity contribution in [1.29, 1.82) is 0 Å². The summed E-state index contributed by atoms with van der Waals surface area (Å²) in [6, 6.07) is 10.1. The predicted octanol–water partition coefficient (Wildman–Crippen LogP) is 3.62. The minimum atomic E-state index is -3.02. The van der Waals surface area contributed by atoms with Gasteiger partial charge in [0.1, 0.15) is 5.75 Å². The SMILES string of the molecule is CS(=O)Cc1cccc(C(=O)OCC(=O)Nc2ccc(OC(F)F)c(Cl)c2)c1. The van der Waals surface area contributed by atoms with E-state index in [4.69, 9.17) is 16.3 Å². The number of carbonyl (C=O) groups is 2. The van der Waals surface area contributed by atoms with Gasteiger partial charge in [0.2, 0.25) is 0 Å². The van der Waals surface area contributed by atoms with Crippen molar-refractivity contribution >= 4 is 40.0 Å². The first kappa shape index (κ1) is 21.8. The summed E-state index contributed by atoms with van der Waals surface area (Å²) in [5, 5.41) is 2.31. The number of hydrogen-bond acceptors (Lipinski definition) is 5. The van der Waals surface area contributed by atoms with Crippen LogP contribution in [0.3, 0.4) is 0 Å². The van der Waals surface area contributed by atoms with E-state index in [1.165, 1.54) is 24.3 Å². The lowest BCUT2D eigenvalue weighted by atomic mass is 10.1. The van der Waals surface area contributed by atoms with Crippen molar-refractivity contribution in [1.82, 2.24) is 0 Å². The van der Waals surface area contributed by atoms with Crippen molar-refractivity contribution < 1.29 is 32.1 Å². The van der Waals surface area contributed by atoms with Crippen molar-refractivity contribution in [3.8, 4) is 5.75 Å². The topological polar surface area (TPSA) is 81.7 Å². The molecule has 10 heteroatoms. The van der Waals surface area contributed by atoms with Crippen LogP contribution in [0.5, 0.6) is 5.75 Å². The molecular formula is C18H16ClF2NO5S. The zero-order valence-electron chi connectivity index (χ0n) is 14.6. The van der Waals surface area contributed by atoms with Gasteiger partial charge in [-0.2, -0.15) is 8.78 Å². The number of halogens is 3. The Morgan fingerprint density at radius 3 is 2.61 bits per heavy atom. The average molecular weight is 432 g/mol. The maximum absolute atomic E-state index is 12.2. The maximum atomic E-state index is 12.2. The van der Waals surface area contributed by atoms with E-state index in [-0.39, 0.29) is 22.0 Å². The second-order valence-electron chi connectivity index (χ2n) is 5.57. The molecule has 2 rings (SSSR count). The van der Waals surface area contributed by atoms with Gasteiger partial charge < -0.3 is 14.8 Å². The van der Waals surface area contributed by atoms with Crippen LogP contribution >= 0.6 is 11.6 Å². The fourth-order valence-corrected chi connectivity index (χ4v) is 3.08. The van der Waals surface area contributed by atoms with Crippen molar-refractivity contribution in [2.75, 3.05) is 18.2 Å². The van der Waals surface area contributed by atoms with Crippen LogP contribution in [0.1, 0.15) is 15.9 Å². The van der Waals surface area contributed by atoms with Crippen LogP contribution in [-0.2, 0) is 26.1 Å². The molecule has 0 heterocycles. The molecule has 0 bridgehead atoms. The zero-order chi connectivity index (χ0) is 20.7. The Balaban J connectivity index is 1.91. The van der Waals surface area contributed by atoms with Gasteiger partial charge in [-0.1, -0.05) is 23.7 Å². The molecule has 0 radical (unpaired) electrons. The number of anilines is 1. The molecule has 1 N–H and O–H groups in total. The van der Waals surface area contributed by atoms with Gasteiger partial charge in [-0.3, -0.25) is 9.00 Å². The Labute approximate surface area is 167 Å². The Kier molecular flexibility index (Phi) is 7.89. The summed E-state index contributed by atoms with van der Waals surface area (Å²) in [7, 11) is -1.06. The number of amides is 1. The summed E-state index contributed by atoms with van der Waals surface area (Å²) in [6.07, 6.45) is 1.55. The molecule has 0 spiro atoms. The highest BCUT2D eigenvalue weighted by Crippen LogP contribution is 2.28. The number of esters is 1. The number of nitrogens with one attached hydrogen (secondary N) is 1. The van der Waals surface area contributed by atoms with Crippen molar-refractivity contribution in [2.45, 2.75) is 12.4 Å². The lowest BCUT2D eigenvalue weighted by molar-refractivity contribution is -0.119. The summed E-state index contributed by atoms with van der Waals surface area (Å²) in [4.78, 5) is 24.0. The molecule has 0 aliphatic rings. The number of rotatable bonds is 8. The highest BCUT2D eigenvalue weighted by atomic mass is 35.5. The molecule has 0 aliphatic heterocycles. The van der Waals surface area contributed by atoms with Gasteiger partial charge in [0, 0.05) is 28.5 Å². The van der Waals surface area contributed by atoms with Crippen molar-refractivity contribution in [3.05, 3.63) is 58.6 Å². The van der Waals surface area contributed by atoms with E-state index in [0.29, 0.717) is 11.3 Å². The molecule has 2 aromatic carbocycles. The summed E-state index contributed by atoms with van der Waals surface area (Å²) < 4.78 is 44.8. The monoisotopic (exact) mass is 431 g/mol. The lowest BCUT2D eigenvalue weighted by Gasteiger charge is -2.10. The third kappa shape index (κ3) is 6.90. The Morgan fingerprint density at radius 1 is 1.21 bits per heavy atom. The van der Waals surface area contributed by atoms with Gasteiger partial charge in [-0.05, 0) is 35.9 Å². The van der Waals surface area contributed by atoms with Gasteiger partial charge in [-0.15, -0.1) is 0 Å². The average Bonchev–Trinajstić information content (AvgIpc) is 2.61. The largest absolute Gasteiger partial charge is 0.452 e. The Bertz CT molecular complexity index is 894. The second kappa shape index (κ2) is 10.1. The Morgan fingerprint density at radius 2 is 1.96 bits per heavy atom. The molecule has 0 saturated carbocycles. The van der Waals surface area contributed by atoms with Crippen LogP contribution in [0.15, 0.2) is 42.5 Å². The van der Waals surface area contributed by atoms with E-state index in [2.05, 4.69) is 10.1 Å². The highest BCUT2D eigenvalue weighted by Gasteiger charge is 2.13. The molecule has 0 aromatic heterocycles. The number of hydrogen-bond donors (Lipinski definition) is 1. The minimum Gasteiger partial charge on any atom is -0.452 e. The highest BCUT2D eigenvalue weighted by molar-refractivity contribution is 7.83. The fraction of sp³-hybridized carbons (Fsp3) is 0.222. The van der Waals surface area contributed by atoms with E-state index < -0.39 is 35.9 Å². The van der Waals surface area contributed by atoms with Gasteiger partial charge in [-0.25, -0.2) is 4.79 Å². The van der Waals surface area contributed by atoms with Crippen molar-refractivity contribution in [2.24, 2.45) is 0 Å². The van der Waals surface area contributed by atoms with Crippen LogP contribution < -0.4 is 10.1 Å². The van der Waals surface area contributed by atoms with Crippen molar-refractivity contribution in [3.63, 3.8) is 0 Å². The van der Waals surface area contributed by atoms with Gasteiger partial charge >= 0.3 is 12.6 Å². The van der Waals surface area contributed by atoms with E-state index in [1.54, 1.807) is 24.5 Å². The number of carbonyl (C=O) groups excluding carboxylic acids is 2. The summed E-state index contributed by atoms with van der Waals surface area (Å²) in [5.74, 6) is -1.28. The minimum absolute atomic E-state index is 0.111. The molecule has 28 heavy (non-hydrogen) atoms. The number of ether oxygens (including phenoxy) is 2. The molecule has 0 saturated heterocycles. The third-order valence-electron chi connectivity index (χ3n) is 3.30. The van der Waals surface area contributed by atoms with Gasteiger partial charge in [0.05, 0.1) is 10.6 Å². The summed E-state index contributed by atoms with van der Waals surface area (Å²) in [5.41, 5.74) is 1.16. The van der Waals surface area contributed by atoms with Crippen LogP contribution in [0.4, 0.5) is 14.5 Å². The molecule has 6 nitrogen and oxygen atoms in total. The first-order valence-electron chi connectivity index (χ1n) is 7.85. The molecule has 2 aromatic rings. The molecule has 0 fully saturated rings. The smallest absolute Gasteiger partial charge is 0.387 e.